The van der Waals surface area contributed by atoms with E-state index in [-0.39, 0.29) is 0 Å². The lowest BCUT2D eigenvalue weighted by Crippen LogP contribution is -2.43. The molecule has 108 valence electrons. The van der Waals surface area contributed by atoms with Gasteiger partial charge in [-0.1, -0.05) is 30.3 Å². The smallest absolute Gasteiger partial charge is 0.194 e. The number of nitrogens with zero attached hydrogens (tertiary/aromatic N) is 3. The number of imidazole rings is 1. The van der Waals surface area contributed by atoms with Crippen LogP contribution in [0.3, 0.4) is 0 Å². The summed E-state index contributed by atoms with van der Waals surface area (Å²) in [7, 11) is 0. The number of nitrogens with one attached hydrogen (secondary N) is 1. The summed E-state index contributed by atoms with van der Waals surface area (Å²) in [5, 5.41) is 5.63. The van der Waals surface area contributed by atoms with Gasteiger partial charge in [0.05, 0.1) is 5.69 Å². The Labute approximate surface area is 128 Å². The van der Waals surface area contributed by atoms with Crippen LogP contribution in [0.15, 0.2) is 41.9 Å². The van der Waals surface area contributed by atoms with E-state index in [1.807, 2.05) is 6.07 Å². The van der Waals surface area contributed by atoms with Gasteiger partial charge in [-0.05, 0) is 0 Å². The van der Waals surface area contributed by atoms with Crippen LogP contribution in [0, 0.1) is 0 Å². The molecular formula is C16H18N4S. The molecule has 3 heterocycles. The van der Waals surface area contributed by atoms with Crippen LogP contribution in [0.1, 0.15) is 5.69 Å². The predicted octanol–water partition coefficient (Wildman–Crippen LogP) is 2.47. The number of piperazine rings is 1. The van der Waals surface area contributed by atoms with Crippen molar-refractivity contribution in [2.24, 2.45) is 0 Å². The molecule has 0 amide bonds. The maximum absolute atomic E-state index is 4.75. The molecule has 2 aromatic heterocycles. The minimum absolute atomic E-state index is 1.01. The van der Waals surface area contributed by atoms with Crippen LogP contribution in [-0.4, -0.2) is 40.5 Å². The first-order valence-corrected chi connectivity index (χ1v) is 8.22. The van der Waals surface area contributed by atoms with Crippen molar-refractivity contribution in [2.75, 3.05) is 26.2 Å². The maximum Gasteiger partial charge on any atom is 0.194 e. The van der Waals surface area contributed by atoms with Crippen LogP contribution < -0.4 is 5.32 Å². The topological polar surface area (TPSA) is 32.6 Å². The van der Waals surface area contributed by atoms with E-state index in [1.54, 1.807) is 11.3 Å². The second-order valence-electron chi connectivity index (χ2n) is 5.40. The number of rotatable bonds is 3. The fourth-order valence-electron chi connectivity index (χ4n) is 2.79. The second-order valence-corrected chi connectivity index (χ2v) is 6.23. The summed E-state index contributed by atoms with van der Waals surface area (Å²) in [5.74, 6) is 0. The zero-order chi connectivity index (χ0) is 14.1. The second kappa shape index (κ2) is 5.60. The van der Waals surface area contributed by atoms with Crippen molar-refractivity contribution in [2.45, 2.75) is 6.54 Å². The van der Waals surface area contributed by atoms with E-state index in [4.69, 9.17) is 4.98 Å². The molecule has 1 aliphatic rings. The first-order chi connectivity index (χ1) is 10.4. The SMILES string of the molecule is c1ccc(-c2cn3c(CN4CCNCC4)csc3n2)cc1. The van der Waals surface area contributed by atoms with E-state index in [0.29, 0.717) is 0 Å². The van der Waals surface area contributed by atoms with Gasteiger partial charge < -0.3 is 5.32 Å². The van der Waals surface area contributed by atoms with E-state index >= 15 is 0 Å². The number of benzene rings is 1. The normalized spacial score (nSPS) is 16.6. The van der Waals surface area contributed by atoms with Gasteiger partial charge in [-0.15, -0.1) is 11.3 Å². The number of hydrogen-bond donors (Lipinski definition) is 1. The van der Waals surface area contributed by atoms with Crippen molar-refractivity contribution in [3.05, 3.63) is 47.6 Å². The number of fused-ring (bicyclic) bond motifs is 1. The van der Waals surface area contributed by atoms with Crippen LogP contribution in [0.25, 0.3) is 16.2 Å². The molecule has 1 aromatic carbocycles. The highest BCUT2D eigenvalue weighted by molar-refractivity contribution is 7.15. The van der Waals surface area contributed by atoms with Crippen LogP contribution in [0.5, 0.6) is 0 Å². The van der Waals surface area contributed by atoms with Gasteiger partial charge in [0.15, 0.2) is 4.96 Å². The quantitative estimate of drug-likeness (QED) is 0.806. The van der Waals surface area contributed by atoms with Crippen molar-refractivity contribution in [3.8, 4) is 11.3 Å². The summed E-state index contributed by atoms with van der Waals surface area (Å²) in [4.78, 5) is 8.33. The fraction of sp³-hybridized carbons (Fsp3) is 0.312. The third kappa shape index (κ3) is 2.60. The zero-order valence-corrected chi connectivity index (χ0v) is 12.6. The molecule has 0 atom stereocenters. The van der Waals surface area contributed by atoms with Gasteiger partial charge in [0.25, 0.3) is 0 Å². The molecule has 0 spiro atoms. The van der Waals surface area contributed by atoms with E-state index in [0.717, 1.165) is 43.4 Å². The van der Waals surface area contributed by atoms with Gasteiger partial charge >= 0.3 is 0 Å². The summed E-state index contributed by atoms with van der Waals surface area (Å²) in [6.45, 7) is 5.43. The molecule has 0 unspecified atom stereocenters. The standard InChI is InChI=1S/C16H18N4S/c1-2-4-13(5-3-1)15-11-20-14(12-21-16(20)18-15)10-19-8-6-17-7-9-19/h1-5,11-12,17H,6-10H2. The largest absolute Gasteiger partial charge is 0.314 e. The molecule has 21 heavy (non-hydrogen) atoms. The lowest BCUT2D eigenvalue weighted by molar-refractivity contribution is 0.230. The maximum atomic E-state index is 4.75. The molecular weight excluding hydrogens is 280 g/mol. The molecule has 5 heteroatoms. The van der Waals surface area contributed by atoms with Crippen LogP contribution in [0.4, 0.5) is 0 Å². The Balaban J connectivity index is 1.63. The van der Waals surface area contributed by atoms with Crippen LogP contribution >= 0.6 is 11.3 Å². The monoisotopic (exact) mass is 298 g/mol. The summed E-state index contributed by atoms with van der Waals surface area (Å²) >= 11 is 1.73. The number of thiazole rings is 1. The average Bonchev–Trinajstić information content (AvgIpc) is 3.11. The molecule has 0 saturated carbocycles. The Morgan fingerprint density at radius 2 is 1.95 bits per heavy atom. The Bertz CT molecular complexity index is 725. The molecule has 1 fully saturated rings. The van der Waals surface area contributed by atoms with Crippen molar-refractivity contribution in [1.82, 2.24) is 19.6 Å². The Morgan fingerprint density at radius 1 is 1.14 bits per heavy atom. The van der Waals surface area contributed by atoms with Crippen molar-refractivity contribution in [3.63, 3.8) is 0 Å². The van der Waals surface area contributed by atoms with Crippen LogP contribution in [0.2, 0.25) is 0 Å². The van der Waals surface area contributed by atoms with Crippen molar-refractivity contribution in [1.29, 1.82) is 0 Å². The fourth-order valence-corrected chi connectivity index (χ4v) is 3.65. The molecule has 3 aromatic rings. The molecule has 0 radical (unpaired) electrons. The van der Waals surface area contributed by atoms with Crippen molar-refractivity contribution < 1.29 is 0 Å². The molecule has 4 nitrogen and oxygen atoms in total. The highest BCUT2D eigenvalue weighted by Crippen LogP contribution is 2.24. The van der Waals surface area contributed by atoms with Gasteiger partial charge in [-0.25, -0.2) is 4.98 Å². The molecule has 1 aliphatic heterocycles. The minimum Gasteiger partial charge on any atom is -0.314 e. The first-order valence-electron chi connectivity index (χ1n) is 7.34. The highest BCUT2D eigenvalue weighted by Gasteiger charge is 2.14. The first kappa shape index (κ1) is 13.0. The van der Waals surface area contributed by atoms with Gasteiger partial charge in [-0.3, -0.25) is 9.30 Å². The van der Waals surface area contributed by atoms with Gasteiger partial charge in [0, 0.05) is 55.6 Å². The molecule has 1 N–H and O–H groups in total. The minimum atomic E-state index is 1.01. The lowest BCUT2D eigenvalue weighted by Gasteiger charge is -2.26. The Hall–Kier alpha value is -1.69. The zero-order valence-electron chi connectivity index (χ0n) is 11.8. The molecule has 0 bridgehead atoms. The average molecular weight is 298 g/mol. The molecule has 4 rings (SSSR count). The highest BCUT2D eigenvalue weighted by atomic mass is 32.1. The van der Waals surface area contributed by atoms with E-state index in [9.17, 15) is 0 Å². The van der Waals surface area contributed by atoms with Gasteiger partial charge in [0.1, 0.15) is 0 Å². The predicted molar refractivity (Wildman–Crippen MR) is 86.7 cm³/mol. The summed E-state index contributed by atoms with van der Waals surface area (Å²) in [6, 6.07) is 10.4. The Kier molecular flexibility index (Phi) is 3.47. The van der Waals surface area contributed by atoms with Gasteiger partial charge in [0.2, 0.25) is 0 Å². The Morgan fingerprint density at radius 3 is 2.76 bits per heavy atom. The summed E-state index contributed by atoms with van der Waals surface area (Å²) < 4.78 is 2.25. The van der Waals surface area contributed by atoms with Crippen LogP contribution in [-0.2, 0) is 6.54 Å². The summed E-state index contributed by atoms with van der Waals surface area (Å²) in [5.41, 5.74) is 3.58. The molecule has 0 aliphatic carbocycles. The summed E-state index contributed by atoms with van der Waals surface area (Å²) in [6.07, 6.45) is 2.17. The van der Waals surface area contributed by atoms with E-state index < -0.39 is 0 Å². The lowest BCUT2D eigenvalue weighted by atomic mass is 10.2. The van der Waals surface area contributed by atoms with E-state index in [1.165, 1.54) is 11.3 Å². The molecule has 1 saturated heterocycles. The van der Waals surface area contributed by atoms with E-state index in [2.05, 4.69) is 50.5 Å². The third-order valence-corrected chi connectivity index (χ3v) is 4.84. The number of aromatic nitrogens is 2. The van der Waals surface area contributed by atoms with Gasteiger partial charge in [-0.2, -0.15) is 0 Å². The van der Waals surface area contributed by atoms with Crippen molar-refractivity contribution >= 4 is 16.3 Å². The number of hydrogen-bond acceptors (Lipinski definition) is 4. The third-order valence-electron chi connectivity index (χ3n) is 3.95.